The van der Waals surface area contributed by atoms with Gasteiger partial charge in [-0.2, -0.15) is 13.2 Å². The first-order valence-corrected chi connectivity index (χ1v) is 8.14. The van der Waals surface area contributed by atoms with Gasteiger partial charge in [-0.15, -0.1) is 17.5 Å². The van der Waals surface area contributed by atoms with Gasteiger partial charge in [0.15, 0.2) is 12.3 Å². The van der Waals surface area contributed by atoms with Gasteiger partial charge in [0.2, 0.25) is 0 Å². The Balaban J connectivity index is 0.00000261. The molecular formula is C16H19ClF3N5O2. The monoisotopic (exact) mass is 405 g/mol. The number of amides is 1. The van der Waals surface area contributed by atoms with Crippen molar-refractivity contribution in [1.82, 2.24) is 20.3 Å². The number of hydrogen-bond acceptors (Lipinski definition) is 5. The average molecular weight is 406 g/mol. The van der Waals surface area contributed by atoms with E-state index in [2.05, 4.69) is 25.7 Å². The van der Waals surface area contributed by atoms with Crippen LogP contribution in [0.4, 0.5) is 18.9 Å². The number of halogens is 4. The third-order valence-corrected chi connectivity index (χ3v) is 3.92. The fourth-order valence-electron chi connectivity index (χ4n) is 2.65. The Morgan fingerprint density at radius 1 is 1.33 bits per heavy atom. The second-order valence-electron chi connectivity index (χ2n) is 5.95. The molecule has 0 saturated carbocycles. The highest BCUT2D eigenvalue weighted by Gasteiger charge is 2.28. The quantitative estimate of drug-likeness (QED) is 0.799. The van der Waals surface area contributed by atoms with Crippen LogP contribution in [0.5, 0.6) is 5.75 Å². The molecule has 2 heterocycles. The molecule has 0 radical (unpaired) electrons. The van der Waals surface area contributed by atoms with Crippen LogP contribution in [-0.4, -0.2) is 46.8 Å². The van der Waals surface area contributed by atoms with Crippen LogP contribution < -0.4 is 15.4 Å². The summed E-state index contributed by atoms with van der Waals surface area (Å²) in [5, 5.41) is 13.7. The third-order valence-electron chi connectivity index (χ3n) is 3.92. The smallest absolute Gasteiger partial charge is 0.422 e. The highest BCUT2D eigenvalue weighted by atomic mass is 35.5. The lowest BCUT2D eigenvalue weighted by molar-refractivity contribution is -0.153. The zero-order valence-corrected chi connectivity index (χ0v) is 15.0. The van der Waals surface area contributed by atoms with E-state index in [1.165, 1.54) is 18.2 Å². The highest BCUT2D eigenvalue weighted by molar-refractivity contribution is 6.02. The number of anilines is 1. The fourth-order valence-corrected chi connectivity index (χ4v) is 2.65. The summed E-state index contributed by atoms with van der Waals surface area (Å²) < 4.78 is 43.0. The van der Waals surface area contributed by atoms with E-state index in [1.807, 2.05) is 0 Å². The summed E-state index contributed by atoms with van der Waals surface area (Å²) in [7, 11) is 0. The molecule has 1 fully saturated rings. The van der Waals surface area contributed by atoms with Gasteiger partial charge in [0.1, 0.15) is 5.75 Å². The number of piperidine rings is 1. The topological polar surface area (TPSA) is 81.1 Å². The van der Waals surface area contributed by atoms with E-state index in [0.29, 0.717) is 5.69 Å². The lowest BCUT2D eigenvalue weighted by Gasteiger charge is -2.22. The summed E-state index contributed by atoms with van der Waals surface area (Å²) in [6, 6.07) is 5.95. The Morgan fingerprint density at radius 3 is 2.78 bits per heavy atom. The molecule has 0 spiro atoms. The van der Waals surface area contributed by atoms with Crippen molar-refractivity contribution < 1.29 is 22.7 Å². The number of carbonyl (C=O) groups excluding carboxylic acids is 1. The van der Waals surface area contributed by atoms with Crippen molar-refractivity contribution in [2.45, 2.75) is 25.1 Å². The van der Waals surface area contributed by atoms with Gasteiger partial charge in [-0.25, -0.2) is 4.68 Å². The molecular weight excluding hydrogens is 387 g/mol. The van der Waals surface area contributed by atoms with Crippen molar-refractivity contribution in [2.75, 3.05) is 25.0 Å². The Hall–Kier alpha value is -2.33. The molecule has 0 unspecified atom stereocenters. The molecule has 1 amide bonds. The number of rotatable bonds is 5. The molecule has 1 aliphatic rings. The standard InChI is InChI=1S/C16H18F3N5O2.ClH/c17-16(18,19)10-26-13-3-1-2-11(8-13)21-15(25)14-9-24(23-22-14)12-4-6-20-7-5-12;/h1-3,8-9,12,20H,4-7,10H2,(H,21,25);1H. The van der Waals surface area contributed by atoms with Gasteiger partial charge in [0.05, 0.1) is 12.2 Å². The number of nitrogens with one attached hydrogen (secondary N) is 2. The van der Waals surface area contributed by atoms with Gasteiger partial charge < -0.3 is 15.4 Å². The molecule has 1 aromatic heterocycles. The van der Waals surface area contributed by atoms with E-state index in [4.69, 9.17) is 0 Å². The number of aromatic nitrogens is 3. The summed E-state index contributed by atoms with van der Waals surface area (Å²) in [5.41, 5.74) is 0.455. The fraction of sp³-hybridized carbons (Fsp3) is 0.438. The van der Waals surface area contributed by atoms with Crippen molar-refractivity contribution in [3.63, 3.8) is 0 Å². The van der Waals surface area contributed by atoms with Crippen molar-refractivity contribution in [3.05, 3.63) is 36.2 Å². The van der Waals surface area contributed by atoms with Gasteiger partial charge in [-0.05, 0) is 38.1 Å². The minimum Gasteiger partial charge on any atom is -0.484 e. The molecule has 7 nitrogen and oxygen atoms in total. The van der Waals surface area contributed by atoms with Gasteiger partial charge >= 0.3 is 6.18 Å². The molecule has 1 saturated heterocycles. The third kappa shape index (κ3) is 6.10. The molecule has 1 aromatic carbocycles. The van der Waals surface area contributed by atoms with Gasteiger partial charge in [0.25, 0.3) is 5.91 Å². The predicted molar refractivity (Wildman–Crippen MR) is 94.4 cm³/mol. The molecule has 1 aliphatic heterocycles. The van der Waals surface area contributed by atoms with Crippen molar-refractivity contribution >= 4 is 24.0 Å². The van der Waals surface area contributed by atoms with Crippen LogP contribution in [0.25, 0.3) is 0 Å². The van der Waals surface area contributed by atoms with Gasteiger partial charge in [0, 0.05) is 11.8 Å². The minimum atomic E-state index is -4.42. The summed E-state index contributed by atoms with van der Waals surface area (Å²) in [6.07, 6.45) is -1.03. The van der Waals surface area contributed by atoms with E-state index in [9.17, 15) is 18.0 Å². The second kappa shape index (κ2) is 9.05. The molecule has 0 atom stereocenters. The van der Waals surface area contributed by atoms with Crippen LogP contribution in [0.3, 0.4) is 0 Å². The van der Waals surface area contributed by atoms with Crippen LogP contribution in [0.1, 0.15) is 29.4 Å². The van der Waals surface area contributed by atoms with Crippen LogP contribution in [0.15, 0.2) is 30.5 Å². The van der Waals surface area contributed by atoms with E-state index in [1.54, 1.807) is 16.9 Å². The maximum atomic E-state index is 12.3. The highest BCUT2D eigenvalue weighted by Crippen LogP contribution is 2.22. The lowest BCUT2D eigenvalue weighted by Crippen LogP contribution is -2.29. The number of nitrogens with zero attached hydrogens (tertiary/aromatic N) is 3. The van der Waals surface area contributed by atoms with Crippen LogP contribution >= 0.6 is 12.4 Å². The SMILES string of the molecule is Cl.O=C(Nc1cccc(OCC(F)(F)F)c1)c1cn(C2CCNCC2)nn1. The molecule has 2 N–H and O–H groups in total. The van der Waals surface area contributed by atoms with Crippen molar-refractivity contribution in [1.29, 1.82) is 0 Å². The van der Waals surface area contributed by atoms with E-state index in [0.717, 1.165) is 25.9 Å². The molecule has 0 aliphatic carbocycles. The van der Waals surface area contributed by atoms with Crippen molar-refractivity contribution in [2.24, 2.45) is 0 Å². The van der Waals surface area contributed by atoms with E-state index >= 15 is 0 Å². The maximum Gasteiger partial charge on any atom is 0.422 e. The van der Waals surface area contributed by atoms with Gasteiger partial charge in [-0.3, -0.25) is 4.79 Å². The zero-order chi connectivity index (χ0) is 18.6. The molecule has 3 rings (SSSR count). The second-order valence-corrected chi connectivity index (χ2v) is 5.95. The molecule has 148 valence electrons. The number of benzene rings is 1. The molecule has 11 heteroatoms. The Labute approximate surface area is 159 Å². The Bertz CT molecular complexity index is 763. The minimum absolute atomic E-state index is 0. The van der Waals surface area contributed by atoms with Crippen LogP contribution in [0, 0.1) is 0 Å². The van der Waals surface area contributed by atoms with Crippen molar-refractivity contribution in [3.8, 4) is 5.75 Å². The number of carbonyl (C=O) groups is 1. The lowest BCUT2D eigenvalue weighted by atomic mass is 10.1. The normalized spacial score (nSPS) is 15.1. The predicted octanol–water partition coefficient (Wildman–Crippen LogP) is 2.82. The number of hydrogen-bond donors (Lipinski definition) is 2. The first-order valence-electron chi connectivity index (χ1n) is 8.14. The average Bonchev–Trinajstić information content (AvgIpc) is 3.11. The summed E-state index contributed by atoms with van der Waals surface area (Å²) in [5.74, 6) is -0.475. The largest absolute Gasteiger partial charge is 0.484 e. The molecule has 27 heavy (non-hydrogen) atoms. The number of alkyl halides is 3. The summed E-state index contributed by atoms with van der Waals surface area (Å²) >= 11 is 0. The first-order chi connectivity index (χ1) is 12.4. The van der Waals surface area contributed by atoms with E-state index < -0.39 is 18.7 Å². The molecule has 0 bridgehead atoms. The zero-order valence-electron chi connectivity index (χ0n) is 14.2. The van der Waals surface area contributed by atoms with Gasteiger partial charge in [-0.1, -0.05) is 11.3 Å². The summed E-state index contributed by atoms with van der Waals surface area (Å²) in [4.78, 5) is 12.3. The van der Waals surface area contributed by atoms with E-state index in [-0.39, 0.29) is 29.9 Å². The van der Waals surface area contributed by atoms with Crippen LogP contribution in [0.2, 0.25) is 0 Å². The molecule has 2 aromatic rings. The Kier molecular flexibility index (Phi) is 7.03. The Morgan fingerprint density at radius 2 is 2.07 bits per heavy atom. The maximum absolute atomic E-state index is 12.3. The van der Waals surface area contributed by atoms with Crippen LogP contribution in [-0.2, 0) is 0 Å². The first kappa shape index (κ1) is 21.0. The number of ether oxygens (including phenoxy) is 1. The summed E-state index contributed by atoms with van der Waals surface area (Å²) in [6.45, 7) is 0.378.